The van der Waals surface area contributed by atoms with Crippen LogP contribution in [0.4, 0.5) is 0 Å². The average Bonchev–Trinajstić information content (AvgIpc) is 3.17. The number of hydrogen-bond acceptors (Lipinski definition) is 3. The van der Waals surface area contributed by atoms with Gasteiger partial charge in [0.1, 0.15) is 0 Å². The van der Waals surface area contributed by atoms with Gasteiger partial charge < -0.3 is 5.32 Å². The molecule has 0 saturated heterocycles. The molecule has 2 aliphatic rings. The molecule has 0 aromatic heterocycles. The van der Waals surface area contributed by atoms with Gasteiger partial charge in [-0.05, 0) is 50.7 Å². The maximum absolute atomic E-state index is 12.5. The number of nitrogens with zero attached hydrogens (tertiary/aromatic N) is 1. The summed E-state index contributed by atoms with van der Waals surface area (Å²) in [7, 11) is 0. The Morgan fingerprint density at radius 3 is 2.70 bits per heavy atom. The molecule has 146 valence electrons. The Kier molecular flexibility index (Phi) is 6.30. The lowest BCUT2D eigenvalue weighted by molar-refractivity contribution is -0.122. The molecular weight excluding hydrogens is 340 g/mol. The molecular formula is C22H30N2O3. The minimum atomic E-state index is -0.245. The maximum Gasteiger partial charge on any atom is 0.261 e. The Morgan fingerprint density at radius 1 is 1.15 bits per heavy atom. The zero-order chi connectivity index (χ0) is 19.4. The van der Waals surface area contributed by atoms with Gasteiger partial charge in [0.25, 0.3) is 11.8 Å². The van der Waals surface area contributed by atoms with E-state index in [0.717, 1.165) is 12.0 Å². The molecule has 5 heteroatoms. The SMILES string of the molecule is CCCCC1CCCC1NC(=O)CCCN1C(=O)c2ccc(C)cc2C1=O. The van der Waals surface area contributed by atoms with Crippen LogP contribution in [0, 0.1) is 12.8 Å². The third-order valence-electron chi connectivity index (χ3n) is 5.85. The van der Waals surface area contributed by atoms with Crippen molar-refractivity contribution >= 4 is 17.7 Å². The second-order valence-corrected chi connectivity index (χ2v) is 7.92. The molecule has 0 spiro atoms. The highest BCUT2D eigenvalue weighted by Gasteiger charge is 2.35. The van der Waals surface area contributed by atoms with Gasteiger partial charge in [-0.3, -0.25) is 19.3 Å². The van der Waals surface area contributed by atoms with Crippen LogP contribution in [0.25, 0.3) is 0 Å². The number of fused-ring (bicyclic) bond motifs is 1. The largest absolute Gasteiger partial charge is 0.353 e. The topological polar surface area (TPSA) is 66.5 Å². The van der Waals surface area contributed by atoms with Crippen LogP contribution in [0.3, 0.4) is 0 Å². The number of rotatable bonds is 8. The van der Waals surface area contributed by atoms with E-state index in [4.69, 9.17) is 0 Å². The van der Waals surface area contributed by atoms with Gasteiger partial charge in [0.05, 0.1) is 11.1 Å². The second kappa shape index (κ2) is 8.68. The van der Waals surface area contributed by atoms with Crippen LogP contribution in [0.1, 0.15) is 84.6 Å². The van der Waals surface area contributed by atoms with E-state index in [9.17, 15) is 14.4 Å². The van der Waals surface area contributed by atoms with Crippen molar-refractivity contribution in [2.24, 2.45) is 5.92 Å². The first kappa shape index (κ1) is 19.6. The molecule has 1 fully saturated rings. The molecule has 27 heavy (non-hydrogen) atoms. The maximum atomic E-state index is 12.5. The van der Waals surface area contributed by atoms with E-state index < -0.39 is 0 Å². The lowest BCUT2D eigenvalue weighted by Crippen LogP contribution is -2.38. The van der Waals surface area contributed by atoms with Gasteiger partial charge in [0.15, 0.2) is 0 Å². The molecule has 1 N–H and O–H groups in total. The summed E-state index contributed by atoms with van der Waals surface area (Å²) < 4.78 is 0. The number of hydrogen-bond donors (Lipinski definition) is 1. The number of unbranched alkanes of at least 4 members (excludes halogenated alkanes) is 1. The van der Waals surface area contributed by atoms with Crippen molar-refractivity contribution in [3.63, 3.8) is 0 Å². The van der Waals surface area contributed by atoms with Crippen LogP contribution in [0.2, 0.25) is 0 Å². The molecule has 2 atom stereocenters. The predicted octanol–water partition coefficient (Wildman–Crippen LogP) is 3.85. The summed E-state index contributed by atoms with van der Waals surface area (Å²) in [5.41, 5.74) is 1.92. The Balaban J connectivity index is 1.47. The van der Waals surface area contributed by atoms with E-state index in [1.54, 1.807) is 12.1 Å². The minimum Gasteiger partial charge on any atom is -0.353 e. The fraction of sp³-hybridized carbons (Fsp3) is 0.591. The lowest BCUT2D eigenvalue weighted by atomic mass is 9.96. The van der Waals surface area contributed by atoms with Crippen molar-refractivity contribution in [3.05, 3.63) is 34.9 Å². The summed E-state index contributed by atoms with van der Waals surface area (Å²) in [6, 6.07) is 5.62. The number of nitrogens with one attached hydrogen (secondary N) is 1. The van der Waals surface area contributed by atoms with E-state index in [-0.39, 0.29) is 17.7 Å². The van der Waals surface area contributed by atoms with Crippen LogP contribution in [-0.2, 0) is 4.79 Å². The number of amides is 3. The summed E-state index contributed by atoms with van der Waals surface area (Å²) in [6.45, 7) is 4.40. The molecule has 0 bridgehead atoms. The molecule has 0 radical (unpaired) electrons. The van der Waals surface area contributed by atoms with E-state index >= 15 is 0 Å². The summed E-state index contributed by atoms with van der Waals surface area (Å²) in [5.74, 6) is 0.157. The molecule has 1 aromatic rings. The van der Waals surface area contributed by atoms with Gasteiger partial charge >= 0.3 is 0 Å². The van der Waals surface area contributed by atoms with E-state index in [1.165, 1.54) is 37.0 Å². The van der Waals surface area contributed by atoms with Gasteiger partial charge in [0.2, 0.25) is 5.91 Å². The van der Waals surface area contributed by atoms with Crippen molar-refractivity contribution in [1.29, 1.82) is 0 Å². The zero-order valence-electron chi connectivity index (χ0n) is 16.4. The highest BCUT2D eigenvalue weighted by molar-refractivity contribution is 6.21. The molecule has 1 aliphatic carbocycles. The Hall–Kier alpha value is -2.17. The standard InChI is InChI=1S/C22H30N2O3/c1-3-4-7-16-8-5-9-19(16)23-20(25)10-6-13-24-21(26)17-12-11-15(2)14-18(17)22(24)27/h11-12,14,16,19H,3-10,13H2,1-2H3,(H,23,25). The van der Waals surface area contributed by atoms with Crippen molar-refractivity contribution in [2.45, 2.75) is 71.3 Å². The van der Waals surface area contributed by atoms with Crippen molar-refractivity contribution in [3.8, 4) is 0 Å². The lowest BCUT2D eigenvalue weighted by Gasteiger charge is -2.21. The quantitative estimate of drug-likeness (QED) is 0.707. The number of imide groups is 1. The normalized spacial score (nSPS) is 21.6. The fourth-order valence-electron chi connectivity index (χ4n) is 4.32. The van der Waals surface area contributed by atoms with E-state index in [2.05, 4.69) is 12.2 Å². The number of carbonyl (C=O) groups is 3. The minimum absolute atomic E-state index is 0.0378. The molecule has 5 nitrogen and oxygen atoms in total. The first-order chi connectivity index (χ1) is 13.0. The van der Waals surface area contributed by atoms with Crippen LogP contribution in [0.15, 0.2) is 18.2 Å². The molecule has 1 aliphatic heterocycles. The van der Waals surface area contributed by atoms with Gasteiger partial charge in [-0.1, -0.05) is 37.8 Å². The molecule has 3 amide bonds. The average molecular weight is 370 g/mol. The molecule has 1 heterocycles. The van der Waals surface area contributed by atoms with E-state index in [1.807, 2.05) is 13.0 Å². The molecule has 2 unspecified atom stereocenters. The van der Waals surface area contributed by atoms with Crippen LogP contribution in [-0.4, -0.2) is 35.2 Å². The molecule has 3 rings (SSSR count). The highest BCUT2D eigenvalue weighted by Crippen LogP contribution is 2.30. The van der Waals surface area contributed by atoms with Gasteiger partial charge in [-0.15, -0.1) is 0 Å². The first-order valence-electron chi connectivity index (χ1n) is 10.3. The zero-order valence-corrected chi connectivity index (χ0v) is 16.4. The smallest absolute Gasteiger partial charge is 0.261 e. The first-order valence-corrected chi connectivity index (χ1v) is 10.3. The summed E-state index contributed by atoms with van der Waals surface area (Å²) >= 11 is 0. The Morgan fingerprint density at radius 2 is 1.93 bits per heavy atom. The van der Waals surface area contributed by atoms with Gasteiger partial charge in [-0.25, -0.2) is 0 Å². The summed E-state index contributed by atoms with van der Waals surface area (Å²) in [4.78, 5) is 38.5. The Bertz CT molecular complexity index is 728. The highest BCUT2D eigenvalue weighted by atomic mass is 16.2. The predicted molar refractivity (Wildman–Crippen MR) is 105 cm³/mol. The van der Waals surface area contributed by atoms with Gasteiger partial charge in [-0.2, -0.15) is 0 Å². The van der Waals surface area contributed by atoms with Crippen molar-refractivity contribution in [1.82, 2.24) is 10.2 Å². The number of aryl methyl sites for hydroxylation is 1. The van der Waals surface area contributed by atoms with Crippen LogP contribution < -0.4 is 5.32 Å². The van der Waals surface area contributed by atoms with E-state index in [0.29, 0.717) is 42.5 Å². The second-order valence-electron chi connectivity index (χ2n) is 7.92. The third kappa shape index (κ3) is 4.40. The van der Waals surface area contributed by atoms with Crippen molar-refractivity contribution < 1.29 is 14.4 Å². The van der Waals surface area contributed by atoms with Gasteiger partial charge in [0, 0.05) is 19.0 Å². The third-order valence-corrected chi connectivity index (χ3v) is 5.85. The molecule has 1 aromatic carbocycles. The summed E-state index contributed by atoms with van der Waals surface area (Å²) in [6.07, 6.45) is 7.92. The van der Waals surface area contributed by atoms with Crippen LogP contribution >= 0.6 is 0 Å². The van der Waals surface area contributed by atoms with Crippen molar-refractivity contribution in [2.75, 3.05) is 6.54 Å². The summed E-state index contributed by atoms with van der Waals surface area (Å²) in [5, 5.41) is 3.18. The van der Waals surface area contributed by atoms with Crippen LogP contribution in [0.5, 0.6) is 0 Å². The Labute approximate surface area is 161 Å². The monoisotopic (exact) mass is 370 g/mol. The number of benzene rings is 1. The number of carbonyl (C=O) groups excluding carboxylic acids is 3. The molecule has 1 saturated carbocycles. The fourth-order valence-corrected chi connectivity index (χ4v) is 4.32.